The number of hydrogen-bond donors (Lipinski definition) is 1. The van der Waals surface area contributed by atoms with Crippen LogP contribution in [0.3, 0.4) is 0 Å². The van der Waals surface area contributed by atoms with Gasteiger partial charge in [0.1, 0.15) is 6.10 Å². The number of aromatic nitrogens is 1. The number of carbonyl (C=O) groups excluding carboxylic acids is 1. The number of ether oxygens (including phenoxy) is 1. The molecule has 134 valence electrons. The Kier molecular flexibility index (Phi) is 5.79. The average molecular weight is 356 g/mol. The Bertz CT molecular complexity index is 705. The van der Waals surface area contributed by atoms with E-state index in [0.717, 1.165) is 23.3 Å². The van der Waals surface area contributed by atoms with Crippen molar-refractivity contribution in [3.8, 4) is 0 Å². The maximum Gasteiger partial charge on any atom is 0.237 e. The smallest absolute Gasteiger partial charge is 0.237 e. The van der Waals surface area contributed by atoms with Gasteiger partial charge in [0.25, 0.3) is 0 Å². The lowest BCUT2D eigenvalue weighted by Crippen LogP contribution is -2.46. The molecule has 1 aliphatic heterocycles. The summed E-state index contributed by atoms with van der Waals surface area (Å²) in [6, 6.07) is 3.92. The van der Waals surface area contributed by atoms with E-state index in [1.165, 1.54) is 0 Å². The Balaban J connectivity index is 2.09. The largest absolute Gasteiger partial charge is 0.378 e. The second kappa shape index (κ2) is 7.45. The minimum atomic E-state index is -3.39. The van der Waals surface area contributed by atoms with E-state index in [0.29, 0.717) is 19.7 Å². The zero-order valence-corrected chi connectivity index (χ0v) is 15.3. The van der Waals surface area contributed by atoms with Gasteiger partial charge in [-0.15, -0.1) is 0 Å². The first-order chi connectivity index (χ1) is 11.2. The molecule has 1 fully saturated rings. The van der Waals surface area contributed by atoms with E-state index < -0.39 is 10.0 Å². The fraction of sp³-hybridized carbons (Fsp3) is 0.600. The molecule has 0 aromatic carbocycles. The van der Waals surface area contributed by atoms with Crippen LogP contribution in [0.1, 0.15) is 17.5 Å². The van der Waals surface area contributed by atoms with Crippen LogP contribution in [-0.4, -0.2) is 70.8 Å². The molecule has 1 amide bonds. The first kappa shape index (κ1) is 18.6. The van der Waals surface area contributed by atoms with Crippen molar-refractivity contribution in [1.29, 1.82) is 0 Å². The summed E-state index contributed by atoms with van der Waals surface area (Å²) in [6.45, 7) is 2.86. The van der Waals surface area contributed by atoms with Crippen molar-refractivity contribution in [1.82, 2.24) is 14.6 Å². The highest BCUT2D eigenvalue weighted by Gasteiger charge is 2.27. The lowest BCUT2D eigenvalue weighted by Gasteiger charge is -2.33. The Labute approximate surface area is 142 Å². The number of carbonyl (C=O) groups is 1. The second-order valence-electron chi connectivity index (χ2n) is 6.08. The molecule has 24 heavy (non-hydrogen) atoms. The van der Waals surface area contributed by atoms with Crippen molar-refractivity contribution in [2.45, 2.75) is 13.0 Å². The number of rotatable bonds is 5. The van der Waals surface area contributed by atoms with Crippen molar-refractivity contribution in [3.63, 3.8) is 0 Å². The summed E-state index contributed by atoms with van der Waals surface area (Å²) in [5.74, 6) is -0.269. The fourth-order valence-electron chi connectivity index (χ4n) is 2.46. The van der Waals surface area contributed by atoms with Crippen LogP contribution in [0.25, 0.3) is 0 Å². The van der Waals surface area contributed by atoms with Gasteiger partial charge in [-0.1, -0.05) is 0 Å². The van der Waals surface area contributed by atoms with Gasteiger partial charge >= 0.3 is 0 Å². The molecule has 1 aromatic rings. The van der Waals surface area contributed by atoms with Crippen molar-refractivity contribution in [2.24, 2.45) is 0 Å². The lowest BCUT2D eigenvalue weighted by atomic mass is 10.1. The van der Waals surface area contributed by atoms with Gasteiger partial charge in [-0.2, -0.15) is 0 Å². The number of sulfonamides is 1. The average Bonchev–Trinajstić information content (AvgIpc) is 2.51. The maximum atomic E-state index is 12.2. The van der Waals surface area contributed by atoms with E-state index in [1.54, 1.807) is 4.90 Å². The number of amides is 1. The van der Waals surface area contributed by atoms with Crippen LogP contribution < -0.4 is 9.62 Å². The highest BCUT2D eigenvalue weighted by Crippen LogP contribution is 2.24. The van der Waals surface area contributed by atoms with Gasteiger partial charge in [-0.05, 0) is 19.1 Å². The third kappa shape index (κ3) is 5.15. The van der Waals surface area contributed by atoms with Crippen LogP contribution in [0, 0.1) is 6.92 Å². The molecule has 2 rings (SSSR count). The molecule has 1 aliphatic rings. The number of anilines is 1. The van der Waals surface area contributed by atoms with Gasteiger partial charge in [0.2, 0.25) is 15.9 Å². The highest BCUT2D eigenvalue weighted by molar-refractivity contribution is 7.88. The molecule has 1 N–H and O–H groups in total. The molecular formula is C15H24N4O4S. The molecule has 8 nitrogen and oxygen atoms in total. The van der Waals surface area contributed by atoms with Gasteiger partial charge in [-0.3, -0.25) is 9.78 Å². The summed E-state index contributed by atoms with van der Waals surface area (Å²) >= 11 is 0. The van der Waals surface area contributed by atoms with Gasteiger partial charge in [0.15, 0.2) is 0 Å². The standard InChI is InChI=1S/C15H24N4O4S/c1-11-7-12(18(2)3)8-13(17-11)14-10-19(5-6-23-14)15(20)9-16-24(4,21)22/h7-8,14,16H,5-6,9-10H2,1-4H3/t14-/m0/s1. The highest BCUT2D eigenvalue weighted by atomic mass is 32.2. The number of pyridine rings is 1. The summed E-state index contributed by atoms with van der Waals surface area (Å²) in [7, 11) is 0.512. The molecule has 0 unspecified atom stereocenters. The molecule has 2 heterocycles. The van der Waals surface area contributed by atoms with Crippen molar-refractivity contribution in [3.05, 3.63) is 23.5 Å². The van der Waals surface area contributed by atoms with E-state index in [2.05, 4.69) is 9.71 Å². The monoisotopic (exact) mass is 356 g/mol. The van der Waals surface area contributed by atoms with Gasteiger partial charge in [-0.25, -0.2) is 13.1 Å². The van der Waals surface area contributed by atoms with Gasteiger partial charge in [0.05, 0.1) is 31.6 Å². The van der Waals surface area contributed by atoms with E-state index in [-0.39, 0.29) is 18.6 Å². The third-order valence-electron chi connectivity index (χ3n) is 3.71. The van der Waals surface area contributed by atoms with Gasteiger partial charge < -0.3 is 14.5 Å². The summed E-state index contributed by atoms with van der Waals surface area (Å²) in [5, 5.41) is 0. The van der Waals surface area contributed by atoms with Crippen LogP contribution in [0.5, 0.6) is 0 Å². The van der Waals surface area contributed by atoms with Crippen LogP contribution in [-0.2, 0) is 19.6 Å². The number of morpholine rings is 1. The molecule has 0 aliphatic carbocycles. The van der Waals surface area contributed by atoms with Gasteiger partial charge in [0, 0.05) is 32.0 Å². The van der Waals surface area contributed by atoms with E-state index >= 15 is 0 Å². The van der Waals surface area contributed by atoms with E-state index in [4.69, 9.17) is 4.74 Å². The van der Waals surface area contributed by atoms with E-state index in [1.807, 2.05) is 38.1 Å². The Morgan fingerprint density at radius 2 is 2.17 bits per heavy atom. The Morgan fingerprint density at radius 3 is 2.79 bits per heavy atom. The minimum Gasteiger partial charge on any atom is -0.378 e. The van der Waals surface area contributed by atoms with Crippen LogP contribution in [0.2, 0.25) is 0 Å². The SMILES string of the molecule is Cc1cc(N(C)C)cc([C@@H]2CN(C(=O)CNS(C)(=O)=O)CCO2)n1. The van der Waals surface area contributed by atoms with Crippen molar-refractivity contribution < 1.29 is 17.9 Å². The molecule has 0 saturated carbocycles. The first-order valence-electron chi connectivity index (χ1n) is 7.65. The molecule has 1 aromatic heterocycles. The van der Waals surface area contributed by atoms with E-state index in [9.17, 15) is 13.2 Å². The third-order valence-corrected chi connectivity index (χ3v) is 4.38. The van der Waals surface area contributed by atoms with Crippen LogP contribution in [0.15, 0.2) is 12.1 Å². The lowest BCUT2D eigenvalue weighted by molar-refractivity contribution is -0.137. The van der Waals surface area contributed by atoms with Crippen LogP contribution >= 0.6 is 0 Å². The zero-order valence-electron chi connectivity index (χ0n) is 14.4. The predicted octanol–water partition coefficient (Wildman–Crippen LogP) is -0.0949. The fourth-order valence-corrected chi connectivity index (χ4v) is 2.84. The topological polar surface area (TPSA) is 91.8 Å². The summed E-state index contributed by atoms with van der Waals surface area (Å²) < 4.78 is 30.2. The molecule has 0 radical (unpaired) electrons. The quantitative estimate of drug-likeness (QED) is 0.792. The molecule has 0 bridgehead atoms. The maximum absolute atomic E-state index is 12.2. The number of aryl methyl sites for hydroxylation is 1. The molecule has 0 spiro atoms. The van der Waals surface area contributed by atoms with Crippen molar-refractivity contribution >= 4 is 21.6 Å². The Hall–Kier alpha value is -1.71. The van der Waals surface area contributed by atoms with Crippen molar-refractivity contribution in [2.75, 3.05) is 51.5 Å². The zero-order chi connectivity index (χ0) is 17.9. The number of nitrogens with zero attached hydrogens (tertiary/aromatic N) is 3. The van der Waals surface area contributed by atoms with Crippen LogP contribution in [0.4, 0.5) is 5.69 Å². The number of nitrogens with one attached hydrogen (secondary N) is 1. The Morgan fingerprint density at radius 1 is 1.46 bits per heavy atom. The second-order valence-corrected chi connectivity index (χ2v) is 7.91. The molecule has 1 atom stereocenters. The molecule has 9 heteroatoms. The summed E-state index contributed by atoms with van der Waals surface area (Å²) in [5.41, 5.74) is 2.66. The minimum absolute atomic E-state index is 0.240. The molecular weight excluding hydrogens is 332 g/mol. The normalized spacial score (nSPS) is 18.5. The predicted molar refractivity (Wildman–Crippen MR) is 91.4 cm³/mol. The summed E-state index contributed by atoms with van der Waals surface area (Å²) in [6.07, 6.45) is 0.710. The first-order valence-corrected chi connectivity index (χ1v) is 9.55. The number of hydrogen-bond acceptors (Lipinski definition) is 6. The summed E-state index contributed by atoms with van der Waals surface area (Å²) in [4.78, 5) is 20.3. The molecule has 1 saturated heterocycles.